The van der Waals surface area contributed by atoms with E-state index in [9.17, 15) is 4.79 Å². The molecule has 0 saturated heterocycles. The van der Waals surface area contributed by atoms with E-state index in [1.165, 1.54) is 0 Å². The topological polar surface area (TPSA) is 59.9 Å². The predicted octanol–water partition coefficient (Wildman–Crippen LogP) is 3.36. The third-order valence-electron chi connectivity index (χ3n) is 2.50. The first kappa shape index (κ1) is 16.8. The van der Waals surface area contributed by atoms with Crippen LogP contribution < -0.4 is 5.32 Å². The van der Waals surface area contributed by atoms with Crippen molar-refractivity contribution < 1.29 is 14.3 Å². The van der Waals surface area contributed by atoms with E-state index in [2.05, 4.69) is 17.0 Å². The first-order chi connectivity index (χ1) is 9.85. The Balaban J connectivity index is 2.61. The van der Waals surface area contributed by atoms with Crippen LogP contribution in [0.2, 0.25) is 0 Å². The Morgan fingerprint density at radius 2 is 1.95 bits per heavy atom. The van der Waals surface area contributed by atoms with E-state index in [1.54, 1.807) is 13.3 Å². The fourth-order valence-electron chi connectivity index (χ4n) is 1.60. The summed E-state index contributed by atoms with van der Waals surface area (Å²) in [6.07, 6.45) is 1.12. The Morgan fingerprint density at radius 3 is 2.43 bits per heavy atom. The van der Waals surface area contributed by atoms with Crippen molar-refractivity contribution in [2.45, 2.75) is 32.9 Å². The number of hydrogen-bond acceptors (Lipinski definition) is 4. The van der Waals surface area contributed by atoms with Crippen molar-refractivity contribution in [3.05, 3.63) is 41.6 Å². The molecule has 1 aromatic carbocycles. The van der Waals surface area contributed by atoms with Gasteiger partial charge in [0.1, 0.15) is 11.4 Å². The van der Waals surface area contributed by atoms with Gasteiger partial charge >= 0.3 is 6.09 Å². The molecule has 1 amide bonds. The molecule has 0 aliphatic carbocycles. The van der Waals surface area contributed by atoms with E-state index in [1.807, 2.05) is 45.0 Å². The molecule has 5 heteroatoms. The maximum atomic E-state index is 11.6. The number of hydrogen-bond donors (Lipinski definition) is 1. The second kappa shape index (κ2) is 7.47. The van der Waals surface area contributed by atoms with Gasteiger partial charge in [0, 0.05) is 12.1 Å². The third-order valence-corrected chi connectivity index (χ3v) is 2.50. The fourth-order valence-corrected chi connectivity index (χ4v) is 1.60. The molecule has 0 atom stereocenters. The largest absolute Gasteiger partial charge is 0.495 e. The van der Waals surface area contributed by atoms with Gasteiger partial charge in [0.25, 0.3) is 0 Å². The summed E-state index contributed by atoms with van der Waals surface area (Å²) in [5, 5.41) is 2.71. The Morgan fingerprint density at radius 1 is 1.33 bits per heavy atom. The van der Waals surface area contributed by atoms with Crippen LogP contribution in [-0.4, -0.2) is 25.5 Å². The molecule has 1 rings (SSSR count). The highest BCUT2D eigenvalue weighted by molar-refractivity contribution is 5.67. The lowest BCUT2D eigenvalue weighted by atomic mass is 10.1. The van der Waals surface area contributed by atoms with E-state index >= 15 is 0 Å². The highest BCUT2D eigenvalue weighted by Gasteiger charge is 2.15. The number of rotatable bonds is 5. The Kier molecular flexibility index (Phi) is 5.96. The molecule has 0 fully saturated rings. The summed E-state index contributed by atoms with van der Waals surface area (Å²) < 4.78 is 10.4. The lowest BCUT2D eigenvalue weighted by Crippen LogP contribution is -2.32. The van der Waals surface area contributed by atoms with E-state index in [0.29, 0.717) is 12.3 Å². The summed E-state index contributed by atoms with van der Waals surface area (Å²) in [5.41, 5.74) is 1.36. The number of amides is 1. The van der Waals surface area contributed by atoms with Crippen molar-refractivity contribution in [1.29, 1.82) is 0 Å². The lowest BCUT2D eigenvalue weighted by Gasteiger charge is -2.19. The average Bonchev–Trinajstić information content (AvgIpc) is 2.41. The van der Waals surface area contributed by atoms with Crippen LogP contribution >= 0.6 is 0 Å². The quantitative estimate of drug-likeness (QED) is 0.668. The van der Waals surface area contributed by atoms with Crippen LogP contribution in [0.4, 0.5) is 4.79 Å². The van der Waals surface area contributed by atoms with Crippen LogP contribution in [0, 0.1) is 0 Å². The van der Waals surface area contributed by atoms with Gasteiger partial charge in [0.2, 0.25) is 0 Å². The van der Waals surface area contributed by atoms with E-state index in [4.69, 9.17) is 9.47 Å². The molecular weight excluding hydrogens is 268 g/mol. The van der Waals surface area contributed by atoms with Gasteiger partial charge in [-0.15, -0.1) is 0 Å². The van der Waals surface area contributed by atoms with Gasteiger partial charge in [-0.3, -0.25) is 4.99 Å². The van der Waals surface area contributed by atoms with Gasteiger partial charge in [-0.2, -0.15) is 0 Å². The summed E-state index contributed by atoms with van der Waals surface area (Å²) in [6, 6.07) is 7.60. The molecule has 21 heavy (non-hydrogen) atoms. The van der Waals surface area contributed by atoms with Crippen molar-refractivity contribution in [2.24, 2.45) is 4.99 Å². The summed E-state index contributed by atoms with van der Waals surface area (Å²) in [7, 11) is 1.58. The number of nitrogens with one attached hydrogen (secondary N) is 1. The number of ether oxygens (including phenoxy) is 2. The molecule has 0 radical (unpaired) electrons. The number of carbonyl (C=O) groups is 1. The number of aliphatic imine (C=N–C) groups is 1. The van der Waals surface area contributed by atoms with Crippen molar-refractivity contribution in [2.75, 3.05) is 7.11 Å². The molecule has 0 unspecified atom stereocenters. The summed E-state index contributed by atoms with van der Waals surface area (Å²) >= 11 is 0. The molecule has 0 bridgehead atoms. The van der Waals surface area contributed by atoms with Crippen LogP contribution in [0.15, 0.2) is 35.5 Å². The molecule has 0 spiro atoms. The molecule has 1 aromatic rings. The predicted molar refractivity (Wildman–Crippen MR) is 84.1 cm³/mol. The monoisotopic (exact) mass is 290 g/mol. The minimum Gasteiger partial charge on any atom is -0.495 e. The molecule has 0 heterocycles. The maximum Gasteiger partial charge on any atom is 0.407 e. The van der Waals surface area contributed by atoms with Crippen molar-refractivity contribution in [1.82, 2.24) is 5.32 Å². The summed E-state index contributed by atoms with van der Waals surface area (Å²) in [5.74, 6) is 0.636. The Bertz CT molecular complexity index is 513. The van der Waals surface area contributed by atoms with E-state index < -0.39 is 11.7 Å². The zero-order valence-corrected chi connectivity index (χ0v) is 13.0. The number of nitrogens with zero attached hydrogens (tertiary/aromatic N) is 1. The first-order valence-electron chi connectivity index (χ1n) is 6.62. The van der Waals surface area contributed by atoms with Gasteiger partial charge < -0.3 is 14.8 Å². The molecule has 5 nitrogen and oxygen atoms in total. The molecule has 0 aliphatic rings. The van der Waals surface area contributed by atoms with Crippen LogP contribution in [-0.2, 0) is 16.0 Å². The second-order valence-electron chi connectivity index (χ2n) is 5.43. The highest BCUT2D eigenvalue weighted by Crippen LogP contribution is 2.16. The lowest BCUT2D eigenvalue weighted by molar-refractivity contribution is 0.0523. The molecule has 1 N–H and O–H groups in total. The van der Waals surface area contributed by atoms with Gasteiger partial charge in [-0.1, -0.05) is 24.3 Å². The standard InChI is InChI=1S/C16H22N2O3/c1-16(2,3)21-15(19)18-10-12-6-8-13(9-7-12)14(20-5)11-17-4/h6-9,11H,4,10H2,1-3,5H3,(H,18,19). The van der Waals surface area contributed by atoms with Gasteiger partial charge in [-0.25, -0.2) is 4.79 Å². The third kappa shape index (κ3) is 6.12. The molecule has 0 aliphatic heterocycles. The smallest absolute Gasteiger partial charge is 0.407 e. The van der Waals surface area contributed by atoms with Gasteiger partial charge in [0.05, 0.1) is 13.3 Å². The normalized spacial score (nSPS) is 11.7. The van der Waals surface area contributed by atoms with Crippen molar-refractivity contribution in [3.8, 4) is 0 Å². The van der Waals surface area contributed by atoms with Crippen molar-refractivity contribution >= 4 is 18.6 Å². The Labute approximate surface area is 125 Å². The Hall–Kier alpha value is -2.30. The zero-order valence-electron chi connectivity index (χ0n) is 13.0. The fraction of sp³-hybridized carbons (Fsp3) is 0.375. The molecule has 0 saturated carbocycles. The summed E-state index contributed by atoms with van der Waals surface area (Å²) in [4.78, 5) is 15.2. The number of carbonyl (C=O) groups excluding carboxylic acids is 1. The highest BCUT2D eigenvalue weighted by atomic mass is 16.6. The van der Waals surface area contributed by atoms with Crippen molar-refractivity contribution in [3.63, 3.8) is 0 Å². The van der Waals surface area contributed by atoms with Crippen LogP contribution in [0.3, 0.4) is 0 Å². The SMILES string of the molecule is C=NC=C(OC)c1ccc(CNC(=O)OC(C)(C)C)cc1. The van der Waals surface area contributed by atoms with E-state index in [0.717, 1.165) is 11.1 Å². The van der Waals surface area contributed by atoms with Crippen LogP contribution in [0.1, 0.15) is 31.9 Å². The minimum absolute atomic E-state index is 0.404. The van der Waals surface area contributed by atoms with Gasteiger partial charge in [-0.05, 0) is 33.1 Å². The number of alkyl carbamates (subject to hydrolysis) is 1. The minimum atomic E-state index is -0.496. The number of benzene rings is 1. The molecular formula is C16H22N2O3. The first-order valence-corrected chi connectivity index (χ1v) is 6.62. The summed E-state index contributed by atoms with van der Waals surface area (Å²) in [6.45, 7) is 9.29. The van der Waals surface area contributed by atoms with Crippen LogP contribution in [0.5, 0.6) is 0 Å². The molecule has 114 valence electrons. The maximum absolute atomic E-state index is 11.6. The van der Waals surface area contributed by atoms with Gasteiger partial charge in [0.15, 0.2) is 0 Å². The van der Waals surface area contributed by atoms with E-state index in [-0.39, 0.29) is 0 Å². The second-order valence-corrected chi connectivity index (χ2v) is 5.43. The average molecular weight is 290 g/mol. The zero-order chi connectivity index (χ0) is 15.9. The van der Waals surface area contributed by atoms with Crippen LogP contribution in [0.25, 0.3) is 5.76 Å². The number of methoxy groups -OCH3 is 1. The molecule has 0 aromatic heterocycles.